The van der Waals surface area contributed by atoms with Crippen molar-refractivity contribution in [3.63, 3.8) is 0 Å². The maximum Gasteiger partial charge on any atom is 0.222 e. The predicted octanol–water partition coefficient (Wildman–Crippen LogP) is 0.120. The number of nitrogens with two attached hydrogens (primary N) is 1. The highest BCUT2D eigenvalue weighted by Gasteiger charge is 2.08. The van der Waals surface area contributed by atoms with E-state index in [0.29, 0.717) is 0 Å². The Kier molecular flexibility index (Phi) is 5.08. The average molecular weight is 172 g/mol. The SMILES string of the molecule is CCCN(C)C(=O)CCC(N)=O. The number of rotatable bonds is 5. The summed E-state index contributed by atoms with van der Waals surface area (Å²) < 4.78 is 0. The van der Waals surface area contributed by atoms with E-state index in [1.165, 1.54) is 0 Å². The Labute approximate surface area is 72.7 Å². The summed E-state index contributed by atoms with van der Waals surface area (Å²) in [6.07, 6.45) is 1.30. The molecule has 0 radical (unpaired) electrons. The summed E-state index contributed by atoms with van der Waals surface area (Å²) in [7, 11) is 1.73. The summed E-state index contributed by atoms with van der Waals surface area (Å²) in [5, 5.41) is 0. The molecule has 0 aliphatic carbocycles. The summed E-state index contributed by atoms with van der Waals surface area (Å²) in [5.41, 5.74) is 4.91. The Morgan fingerprint density at radius 2 is 1.92 bits per heavy atom. The summed E-state index contributed by atoms with van der Waals surface area (Å²) >= 11 is 0. The van der Waals surface area contributed by atoms with Crippen molar-refractivity contribution in [2.24, 2.45) is 5.73 Å². The molecule has 2 N–H and O–H groups in total. The van der Waals surface area contributed by atoms with Crippen LogP contribution in [0, 0.1) is 0 Å². The molecule has 4 heteroatoms. The number of hydrogen-bond acceptors (Lipinski definition) is 2. The molecule has 0 heterocycles. The fourth-order valence-electron chi connectivity index (χ4n) is 0.881. The molecular formula is C8H16N2O2. The van der Waals surface area contributed by atoms with Crippen molar-refractivity contribution < 1.29 is 9.59 Å². The lowest BCUT2D eigenvalue weighted by Gasteiger charge is -2.14. The van der Waals surface area contributed by atoms with Crippen molar-refractivity contribution >= 4 is 11.8 Å². The molecule has 2 amide bonds. The van der Waals surface area contributed by atoms with E-state index in [1.807, 2.05) is 6.92 Å². The van der Waals surface area contributed by atoms with Gasteiger partial charge in [0, 0.05) is 26.4 Å². The molecule has 0 unspecified atom stereocenters. The minimum Gasteiger partial charge on any atom is -0.370 e. The normalized spacial score (nSPS) is 9.50. The van der Waals surface area contributed by atoms with Crippen LogP contribution in [-0.4, -0.2) is 30.3 Å². The Balaban J connectivity index is 3.64. The van der Waals surface area contributed by atoms with E-state index in [-0.39, 0.29) is 18.7 Å². The number of carbonyl (C=O) groups is 2. The van der Waals surface area contributed by atoms with Crippen molar-refractivity contribution in [2.45, 2.75) is 26.2 Å². The monoisotopic (exact) mass is 172 g/mol. The van der Waals surface area contributed by atoms with Gasteiger partial charge in [0.1, 0.15) is 0 Å². The maximum absolute atomic E-state index is 11.2. The van der Waals surface area contributed by atoms with Gasteiger partial charge in [-0.25, -0.2) is 0 Å². The van der Waals surface area contributed by atoms with Crippen molar-refractivity contribution in [3.8, 4) is 0 Å². The second kappa shape index (κ2) is 5.57. The van der Waals surface area contributed by atoms with Crippen LogP contribution in [0.25, 0.3) is 0 Å². The van der Waals surface area contributed by atoms with Gasteiger partial charge in [0.15, 0.2) is 0 Å². The molecule has 0 saturated heterocycles. The van der Waals surface area contributed by atoms with Gasteiger partial charge in [0.25, 0.3) is 0 Å². The van der Waals surface area contributed by atoms with E-state index < -0.39 is 5.91 Å². The highest BCUT2D eigenvalue weighted by atomic mass is 16.2. The topological polar surface area (TPSA) is 63.4 Å². The largest absolute Gasteiger partial charge is 0.370 e. The Bertz CT molecular complexity index is 168. The molecule has 0 aliphatic rings. The summed E-state index contributed by atoms with van der Waals surface area (Å²) in [6, 6.07) is 0. The van der Waals surface area contributed by atoms with Gasteiger partial charge < -0.3 is 10.6 Å². The van der Waals surface area contributed by atoms with E-state index in [1.54, 1.807) is 11.9 Å². The van der Waals surface area contributed by atoms with Crippen LogP contribution in [0.3, 0.4) is 0 Å². The molecule has 0 spiro atoms. The van der Waals surface area contributed by atoms with E-state index >= 15 is 0 Å². The lowest BCUT2D eigenvalue weighted by molar-refractivity contribution is -0.132. The molecule has 0 bridgehead atoms. The highest BCUT2D eigenvalue weighted by Crippen LogP contribution is 1.95. The van der Waals surface area contributed by atoms with Crippen LogP contribution < -0.4 is 5.73 Å². The first-order valence-corrected chi connectivity index (χ1v) is 4.10. The van der Waals surface area contributed by atoms with Crippen LogP contribution in [0.15, 0.2) is 0 Å². The lowest BCUT2D eigenvalue weighted by atomic mass is 10.2. The highest BCUT2D eigenvalue weighted by molar-refractivity contribution is 5.82. The van der Waals surface area contributed by atoms with Crippen molar-refractivity contribution in [3.05, 3.63) is 0 Å². The van der Waals surface area contributed by atoms with Gasteiger partial charge in [-0.15, -0.1) is 0 Å². The molecule has 4 nitrogen and oxygen atoms in total. The number of hydrogen-bond donors (Lipinski definition) is 1. The fraction of sp³-hybridized carbons (Fsp3) is 0.750. The Morgan fingerprint density at radius 1 is 1.33 bits per heavy atom. The zero-order chi connectivity index (χ0) is 9.56. The van der Waals surface area contributed by atoms with Crippen LogP contribution in [0.5, 0.6) is 0 Å². The van der Waals surface area contributed by atoms with Crippen LogP contribution in [-0.2, 0) is 9.59 Å². The lowest BCUT2D eigenvalue weighted by Crippen LogP contribution is -2.28. The first-order valence-electron chi connectivity index (χ1n) is 4.10. The van der Waals surface area contributed by atoms with Gasteiger partial charge in [-0.05, 0) is 6.42 Å². The van der Waals surface area contributed by atoms with Gasteiger partial charge in [-0.3, -0.25) is 9.59 Å². The summed E-state index contributed by atoms with van der Waals surface area (Å²) in [6.45, 7) is 2.73. The van der Waals surface area contributed by atoms with E-state index in [2.05, 4.69) is 0 Å². The molecule has 0 saturated carbocycles. The molecule has 0 aliphatic heterocycles. The zero-order valence-corrected chi connectivity index (χ0v) is 7.67. The molecule has 0 atom stereocenters. The van der Waals surface area contributed by atoms with Gasteiger partial charge in [0.2, 0.25) is 11.8 Å². The minimum absolute atomic E-state index is 0.0179. The molecule has 0 aromatic rings. The van der Waals surface area contributed by atoms with Crippen molar-refractivity contribution in [2.75, 3.05) is 13.6 Å². The third-order valence-electron chi connectivity index (χ3n) is 1.57. The third kappa shape index (κ3) is 4.71. The van der Waals surface area contributed by atoms with Gasteiger partial charge in [0.05, 0.1) is 0 Å². The smallest absolute Gasteiger partial charge is 0.222 e. The second-order valence-corrected chi connectivity index (χ2v) is 2.78. The number of nitrogens with zero attached hydrogens (tertiary/aromatic N) is 1. The molecule has 70 valence electrons. The van der Waals surface area contributed by atoms with E-state index in [9.17, 15) is 9.59 Å². The van der Waals surface area contributed by atoms with Crippen LogP contribution >= 0.6 is 0 Å². The Hall–Kier alpha value is -1.06. The van der Waals surface area contributed by atoms with E-state index in [0.717, 1.165) is 13.0 Å². The number of amides is 2. The number of primary amides is 1. The molecule has 0 rings (SSSR count). The quantitative estimate of drug-likeness (QED) is 0.640. The average Bonchev–Trinajstić information content (AvgIpc) is 2.00. The molecule has 0 aromatic heterocycles. The van der Waals surface area contributed by atoms with Crippen molar-refractivity contribution in [1.29, 1.82) is 0 Å². The fourth-order valence-corrected chi connectivity index (χ4v) is 0.881. The van der Waals surface area contributed by atoms with Gasteiger partial charge in [-0.2, -0.15) is 0 Å². The maximum atomic E-state index is 11.2. The van der Waals surface area contributed by atoms with Gasteiger partial charge >= 0.3 is 0 Å². The number of carbonyl (C=O) groups excluding carboxylic acids is 2. The van der Waals surface area contributed by atoms with Crippen LogP contribution in [0.4, 0.5) is 0 Å². The standard InChI is InChI=1S/C8H16N2O2/c1-3-6-10(2)8(12)5-4-7(9)11/h3-6H2,1-2H3,(H2,9,11). The first kappa shape index (κ1) is 10.9. The summed E-state index contributed by atoms with van der Waals surface area (Å²) in [5.74, 6) is -0.441. The molecule has 12 heavy (non-hydrogen) atoms. The first-order chi connectivity index (χ1) is 5.57. The minimum atomic E-state index is -0.423. The molecule has 0 fully saturated rings. The molecule has 0 aromatic carbocycles. The van der Waals surface area contributed by atoms with E-state index in [4.69, 9.17) is 5.73 Å². The van der Waals surface area contributed by atoms with Gasteiger partial charge in [-0.1, -0.05) is 6.92 Å². The third-order valence-corrected chi connectivity index (χ3v) is 1.57. The van der Waals surface area contributed by atoms with Crippen LogP contribution in [0.1, 0.15) is 26.2 Å². The molecular weight excluding hydrogens is 156 g/mol. The second-order valence-electron chi connectivity index (χ2n) is 2.78. The predicted molar refractivity (Wildman–Crippen MR) is 46.4 cm³/mol. The van der Waals surface area contributed by atoms with Crippen LogP contribution in [0.2, 0.25) is 0 Å². The summed E-state index contributed by atoms with van der Waals surface area (Å²) in [4.78, 5) is 23.1. The zero-order valence-electron chi connectivity index (χ0n) is 7.67. The van der Waals surface area contributed by atoms with Crippen molar-refractivity contribution in [1.82, 2.24) is 4.90 Å². The Morgan fingerprint density at radius 3 is 2.33 bits per heavy atom.